The highest BCUT2D eigenvalue weighted by Crippen LogP contribution is 2.40. The lowest BCUT2D eigenvalue weighted by Gasteiger charge is -2.30. The number of alkyl carbamates (subject to hydrolysis) is 1. The number of likely N-dealkylation sites (tertiary alicyclic amines) is 1. The van der Waals surface area contributed by atoms with Crippen molar-refractivity contribution in [1.29, 1.82) is 10.5 Å². The molecule has 1 saturated heterocycles. The molecule has 1 unspecified atom stereocenters. The van der Waals surface area contributed by atoms with Crippen molar-refractivity contribution in [2.75, 3.05) is 19.6 Å². The van der Waals surface area contributed by atoms with Gasteiger partial charge in [-0.25, -0.2) is 4.79 Å². The molecular weight excluding hydrogens is 384 g/mol. The number of thiophene rings is 1. The van der Waals surface area contributed by atoms with Gasteiger partial charge in [0.15, 0.2) is 0 Å². The lowest BCUT2D eigenvalue weighted by atomic mass is 9.73. The smallest absolute Gasteiger partial charge is 0.407 e. The molecule has 0 aliphatic carbocycles. The van der Waals surface area contributed by atoms with Crippen molar-refractivity contribution in [1.82, 2.24) is 10.2 Å². The standard InChI is InChI=1S/C22H32N4O2S/c1-16(2)22(15-24,19-8-7-18(13-23)29-19)10-6-11-26-12-9-17(14-26)25-20(27)28-21(3,4)5/h7-8,16-17H,6,9-12,14H2,1-5H3,(H,25,27)/t17-,22?/m1/s1. The molecule has 0 aromatic carbocycles. The van der Waals surface area contributed by atoms with E-state index in [0.29, 0.717) is 4.88 Å². The molecular formula is C22H32N4O2S. The highest BCUT2D eigenvalue weighted by molar-refractivity contribution is 7.12. The number of carbonyl (C=O) groups is 1. The molecule has 2 heterocycles. The maximum atomic E-state index is 12.0. The second kappa shape index (κ2) is 9.61. The fraction of sp³-hybridized carbons (Fsp3) is 0.682. The Morgan fingerprint density at radius 1 is 1.38 bits per heavy atom. The van der Waals surface area contributed by atoms with E-state index < -0.39 is 11.0 Å². The summed E-state index contributed by atoms with van der Waals surface area (Å²) in [6.45, 7) is 12.3. The van der Waals surface area contributed by atoms with Crippen molar-refractivity contribution in [3.8, 4) is 12.1 Å². The van der Waals surface area contributed by atoms with Crippen molar-refractivity contribution in [3.63, 3.8) is 0 Å². The monoisotopic (exact) mass is 416 g/mol. The van der Waals surface area contributed by atoms with Gasteiger partial charge in [0.2, 0.25) is 0 Å². The number of nitrogens with one attached hydrogen (secondary N) is 1. The molecule has 1 fully saturated rings. The first-order valence-electron chi connectivity index (χ1n) is 10.2. The summed E-state index contributed by atoms with van der Waals surface area (Å²) in [6.07, 6.45) is 2.19. The molecule has 0 bridgehead atoms. The summed E-state index contributed by atoms with van der Waals surface area (Å²) in [5.41, 5.74) is -1.05. The Hall–Kier alpha value is -2.09. The molecule has 1 N–H and O–H groups in total. The average Bonchev–Trinajstić information content (AvgIpc) is 3.26. The molecule has 1 amide bonds. The van der Waals surface area contributed by atoms with Crippen LogP contribution in [0.25, 0.3) is 0 Å². The Balaban J connectivity index is 1.88. The van der Waals surface area contributed by atoms with Gasteiger partial charge >= 0.3 is 6.09 Å². The molecule has 158 valence electrons. The molecule has 29 heavy (non-hydrogen) atoms. The zero-order valence-electron chi connectivity index (χ0n) is 18.1. The number of nitrogens with zero attached hydrogens (tertiary/aromatic N) is 3. The van der Waals surface area contributed by atoms with Gasteiger partial charge < -0.3 is 15.0 Å². The van der Waals surface area contributed by atoms with E-state index in [2.05, 4.69) is 36.2 Å². The lowest BCUT2D eigenvalue weighted by molar-refractivity contribution is 0.0506. The molecule has 2 atom stereocenters. The number of rotatable bonds is 7. The first-order valence-corrected chi connectivity index (χ1v) is 11.0. The predicted octanol–water partition coefficient (Wildman–Crippen LogP) is 4.42. The molecule has 0 saturated carbocycles. The van der Waals surface area contributed by atoms with Crippen LogP contribution >= 0.6 is 11.3 Å². The van der Waals surface area contributed by atoms with E-state index in [9.17, 15) is 10.1 Å². The van der Waals surface area contributed by atoms with E-state index in [1.54, 1.807) is 0 Å². The van der Waals surface area contributed by atoms with Crippen LogP contribution in [0.3, 0.4) is 0 Å². The lowest BCUT2D eigenvalue weighted by Crippen LogP contribution is -2.40. The van der Waals surface area contributed by atoms with Crippen LogP contribution in [0.2, 0.25) is 0 Å². The average molecular weight is 417 g/mol. The third-order valence-electron chi connectivity index (χ3n) is 5.38. The van der Waals surface area contributed by atoms with Gasteiger partial charge in [-0.3, -0.25) is 0 Å². The van der Waals surface area contributed by atoms with Crippen molar-refractivity contribution in [3.05, 3.63) is 21.9 Å². The Morgan fingerprint density at radius 3 is 2.66 bits per heavy atom. The topological polar surface area (TPSA) is 89.2 Å². The zero-order valence-corrected chi connectivity index (χ0v) is 18.9. The van der Waals surface area contributed by atoms with Crippen molar-refractivity contribution in [2.24, 2.45) is 5.92 Å². The van der Waals surface area contributed by atoms with Crippen LogP contribution in [-0.4, -0.2) is 42.3 Å². The Kier molecular flexibility index (Phi) is 7.68. The minimum Gasteiger partial charge on any atom is -0.444 e. The number of nitriles is 2. The van der Waals surface area contributed by atoms with Gasteiger partial charge in [0, 0.05) is 24.0 Å². The van der Waals surface area contributed by atoms with Crippen molar-refractivity contribution in [2.45, 2.75) is 70.9 Å². The van der Waals surface area contributed by atoms with Crippen LogP contribution in [0.5, 0.6) is 0 Å². The van der Waals surface area contributed by atoms with E-state index in [4.69, 9.17) is 10.00 Å². The van der Waals surface area contributed by atoms with E-state index in [-0.39, 0.29) is 18.1 Å². The summed E-state index contributed by atoms with van der Waals surface area (Å²) in [4.78, 5) is 15.9. The number of hydrogen-bond acceptors (Lipinski definition) is 6. The van der Waals surface area contributed by atoms with Gasteiger partial charge in [-0.15, -0.1) is 11.3 Å². The fourth-order valence-corrected chi connectivity index (χ4v) is 4.90. The predicted molar refractivity (Wildman–Crippen MR) is 115 cm³/mol. The third kappa shape index (κ3) is 6.19. The number of carbonyl (C=O) groups excluding carboxylic acids is 1. The first-order chi connectivity index (χ1) is 13.6. The molecule has 0 spiro atoms. The molecule has 1 aliphatic heterocycles. The van der Waals surface area contributed by atoms with Crippen LogP contribution in [0.15, 0.2) is 12.1 Å². The summed E-state index contributed by atoms with van der Waals surface area (Å²) in [5, 5.41) is 22.1. The largest absolute Gasteiger partial charge is 0.444 e. The fourth-order valence-electron chi connectivity index (χ4n) is 3.78. The highest BCUT2D eigenvalue weighted by atomic mass is 32.1. The zero-order chi connectivity index (χ0) is 21.7. The SMILES string of the molecule is CC(C)C(C#N)(CCCN1CC[C@@H](NC(=O)OC(C)(C)C)C1)c1ccc(C#N)s1. The molecule has 1 aromatic heterocycles. The van der Waals surface area contributed by atoms with Gasteiger partial charge in [-0.1, -0.05) is 13.8 Å². The van der Waals surface area contributed by atoms with Crippen LogP contribution < -0.4 is 5.32 Å². The minimum absolute atomic E-state index is 0.103. The van der Waals surface area contributed by atoms with Gasteiger partial charge in [-0.05, 0) is 64.6 Å². The summed E-state index contributed by atoms with van der Waals surface area (Å²) in [5.74, 6) is 0.165. The van der Waals surface area contributed by atoms with E-state index in [0.717, 1.165) is 43.8 Å². The van der Waals surface area contributed by atoms with Crippen LogP contribution in [0.4, 0.5) is 4.79 Å². The third-order valence-corrected chi connectivity index (χ3v) is 6.55. The van der Waals surface area contributed by atoms with E-state index in [1.807, 2.05) is 32.9 Å². The van der Waals surface area contributed by atoms with Crippen molar-refractivity contribution >= 4 is 17.4 Å². The summed E-state index contributed by atoms with van der Waals surface area (Å²) in [7, 11) is 0. The molecule has 6 nitrogen and oxygen atoms in total. The first kappa shape index (κ1) is 23.2. The summed E-state index contributed by atoms with van der Waals surface area (Å²) < 4.78 is 5.34. The summed E-state index contributed by atoms with van der Waals surface area (Å²) >= 11 is 1.43. The summed E-state index contributed by atoms with van der Waals surface area (Å²) in [6, 6.07) is 8.58. The van der Waals surface area contributed by atoms with Gasteiger partial charge in [-0.2, -0.15) is 10.5 Å². The van der Waals surface area contributed by atoms with Gasteiger partial charge in [0.25, 0.3) is 0 Å². The van der Waals surface area contributed by atoms with Gasteiger partial charge in [0.05, 0.1) is 11.5 Å². The maximum Gasteiger partial charge on any atom is 0.407 e. The van der Waals surface area contributed by atoms with Gasteiger partial charge in [0.1, 0.15) is 16.5 Å². The van der Waals surface area contributed by atoms with E-state index in [1.165, 1.54) is 11.3 Å². The Morgan fingerprint density at radius 2 is 2.10 bits per heavy atom. The van der Waals surface area contributed by atoms with Crippen LogP contribution in [-0.2, 0) is 10.2 Å². The molecule has 1 aromatic rings. The quantitative estimate of drug-likeness (QED) is 0.711. The second-order valence-corrected chi connectivity index (χ2v) is 10.1. The number of ether oxygens (including phenoxy) is 1. The number of amides is 1. The van der Waals surface area contributed by atoms with Crippen LogP contribution in [0, 0.1) is 28.6 Å². The van der Waals surface area contributed by atoms with Crippen molar-refractivity contribution < 1.29 is 9.53 Å². The highest BCUT2D eigenvalue weighted by Gasteiger charge is 2.37. The second-order valence-electron chi connectivity index (χ2n) is 9.05. The number of hydrogen-bond donors (Lipinski definition) is 1. The van der Waals surface area contributed by atoms with E-state index >= 15 is 0 Å². The maximum absolute atomic E-state index is 12.0. The molecule has 0 radical (unpaired) electrons. The molecule has 2 rings (SSSR count). The molecule has 7 heteroatoms. The normalized spacial score (nSPS) is 19.4. The Bertz CT molecular complexity index is 784. The minimum atomic E-state index is -0.562. The molecule has 1 aliphatic rings. The Labute approximate surface area is 178 Å². The van der Waals surface area contributed by atoms with Crippen LogP contribution in [0.1, 0.15) is 63.6 Å².